The van der Waals surface area contributed by atoms with Gasteiger partial charge in [-0.05, 0) is 48.9 Å². The molecule has 4 nitrogen and oxygen atoms in total. The van der Waals surface area contributed by atoms with Gasteiger partial charge in [0.1, 0.15) is 5.82 Å². The number of carboxylic acids is 1. The highest BCUT2D eigenvalue weighted by Gasteiger charge is 2.12. The molecule has 2 N–H and O–H groups in total. The summed E-state index contributed by atoms with van der Waals surface area (Å²) >= 11 is 3.33. The van der Waals surface area contributed by atoms with Crippen molar-refractivity contribution in [3.63, 3.8) is 0 Å². The summed E-state index contributed by atoms with van der Waals surface area (Å²) in [5.74, 6) is -2.49. The third-order valence-corrected chi connectivity index (χ3v) is 3.77. The number of carboxylic acid groups (broad SMARTS) is 1. The van der Waals surface area contributed by atoms with Gasteiger partial charge in [0.05, 0.1) is 11.3 Å². The molecule has 0 aliphatic rings. The number of amides is 1. The molecular weight excluding hydrogens is 341 g/mol. The smallest absolute Gasteiger partial charge is 0.335 e. The Balaban J connectivity index is 2.23. The molecule has 1 amide bonds. The number of hydrogen-bond donors (Lipinski definition) is 2. The SMILES string of the molecule is Cc1cc(C(=O)Nc2ccc(C(=O)O)cc2F)ccc1Br. The molecule has 0 aliphatic carbocycles. The Morgan fingerprint density at radius 1 is 1.14 bits per heavy atom. The lowest BCUT2D eigenvalue weighted by atomic mass is 10.1. The molecule has 0 radical (unpaired) electrons. The minimum absolute atomic E-state index is 0.0643. The van der Waals surface area contributed by atoms with Crippen molar-refractivity contribution in [1.82, 2.24) is 0 Å². The highest BCUT2D eigenvalue weighted by Crippen LogP contribution is 2.20. The molecule has 0 aliphatic heterocycles. The Kier molecular flexibility index (Phi) is 4.37. The van der Waals surface area contributed by atoms with Crippen molar-refractivity contribution in [3.8, 4) is 0 Å². The number of aryl methyl sites for hydroxylation is 1. The molecule has 21 heavy (non-hydrogen) atoms. The number of anilines is 1. The highest BCUT2D eigenvalue weighted by atomic mass is 79.9. The molecule has 0 atom stereocenters. The minimum Gasteiger partial charge on any atom is -0.478 e. The predicted octanol–water partition coefficient (Wildman–Crippen LogP) is 3.85. The summed E-state index contributed by atoms with van der Waals surface area (Å²) in [7, 11) is 0. The topological polar surface area (TPSA) is 66.4 Å². The summed E-state index contributed by atoms with van der Waals surface area (Å²) in [6.45, 7) is 1.84. The zero-order valence-corrected chi connectivity index (χ0v) is 12.6. The quantitative estimate of drug-likeness (QED) is 0.882. The van der Waals surface area contributed by atoms with Gasteiger partial charge in [-0.2, -0.15) is 0 Å². The molecule has 0 saturated carbocycles. The van der Waals surface area contributed by atoms with E-state index in [0.29, 0.717) is 5.56 Å². The van der Waals surface area contributed by atoms with Crippen LogP contribution in [0.4, 0.5) is 10.1 Å². The van der Waals surface area contributed by atoms with Crippen LogP contribution in [0.5, 0.6) is 0 Å². The standard InChI is InChI=1S/C15H11BrFNO3/c1-8-6-9(2-4-11(8)16)14(19)18-13-5-3-10(15(20)21)7-12(13)17/h2-7H,1H3,(H,18,19)(H,20,21). The molecule has 2 aromatic carbocycles. The van der Waals surface area contributed by atoms with Crippen molar-refractivity contribution >= 4 is 33.5 Å². The first kappa shape index (κ1) is 15.2. The van der Waals surface area contributed by atoms with E-state index in [-0.39, 0.29) is 11.3 Å². The Bertz CT molecular complexity index is 731. The molecule has 108 valence electrons. The maximum Gasteiger partial charge on any atom is 0.335 e. The first-order chi connectivity index (χ1) is 9.88. The lowest BCUT2D eigenvalue weighted by Gasteiger charge is -2.08. The van der Waals surface area contributed by atoms with Gasteiger partial charge in [0, 0.05) is 10.0 Å². The Hall–Kier alpha value is -2.21. The largest absolute Gasteiger partial charge is 0.478 e. The second kappa shape index (κ2) is 6.05. The molecule has 0 aromatic heterocycles. The number of benzene rings is 2. The van der Waals surface area contributed by atoms with Gasteiger partial charge in [-0.25, -0.2) is 9.18 Å². The first-order valence-corrected chi connectivity index (χ1v) is 6.78. The fourth-order valence-corrected chi connectivity index (χ4v) is 1.98. The van der Waals surface area contributed by atoms with Gasteiger partial charge in [-0.3, -0.25) is 4.79 Å². The van der Waals surface area contributed by atoms with Crippen LogP contribution in [0.15, 0.2) is 40.9 Å². The van der Waals surface area contributed by atoms with Crippen LogP contribution >= 0.6 is 15.9 Å². The second-order valence-electron chi connectivity index (χ2n) is 4.42. The second-order valence-corrected chi connectivity index (χ2v) is 5.27. The van der Waals surface area contributed by atoms with E-state index in [4.69, 9.17) is 5.11 Å². The lowest BCUT2D eigenvalue weighted by molar-refractivity contribution is 0.0696. The van der Waals surface area contributed by atoms with Crippen LogP contribution in [0, 0.1) is 12.7 Å². The molecule has 2 rings (SSSR count). The van der Waals surface area contributed by atoms with Crippen molar-refractivity contribution in [2.45, 2.75) is 6.92 Å². The van der Waals surface area contributed by atoms with Gasteiger partial charge >= 0.3 is 5.97 Å². The molecule has 0 spiro atoms. The van der Waals surface area contributed by atoms with Crippen molar-refractivity contribution in [1.29, 1.82) is 0 Å². The fraction of sp³-hybridized carbons (Fsp3) is 0.0667. The summed E-state index contributed by atoms with van der Waals surface area (Å²) in [6.07, 6.45) is 0. The van der Waals surface area contributed by atoms with Gasteiger partial charge in [-0.1, -0.05) is 15.9 Å². The van der Waals surface area contributed by atoms with Crippen molar-refractivity contribution in [3.05, 3.63) is 63.4 Å². The van der Waals surface area contributed by atoms with E-state index in [1.807, 2.05) is 6.92 Å². The molecule has 0 fully saturated rings. The third kappa shape index (κ3) is 3.46. The average Bonchev–Trinajstić information content (AvgIpc) is 2.43. The summed E-state index contributed by atoms with van der Waals surface area (Å²) < 4.78 is 14.6. The van der Waals surface area contributed by atoms with E-state index < -0.39 is 17.7 Å². The molecule has 6 heteroatoms. The van der Waals surface area contributed by atoms with Gasteiger partial charge in [0.15, 0.2) is 0 Å². The zero-order chi connectivity index (χ0) is 15.6. The fourth-order valence-electron chi connectivity index (χ4n) is 1.73. The molecule has 2 aromatic rings. The number of hydrogen-bond acceptors (Lipinski definition) is 2. The van der Waals surface area contributed by atoms with Crippen molar-refractivity contribution in [2.24, 2.45) is 0 Å². The number of nitrogens with one attached hydrogen (secondary N) is 1. The molecule has 0 bridgehead atoms. The van der Waals surface area contributed by atoms with Crippen LogP contribution in [0.25, 0.3) is 0 Å². The lowest BCUT2D eigenvalue weighted by Crippen LogP contribution is -2.13. The van der Waals surface area contributed by atoms with E-state index >= 15 is 0 Å². The Morgan fingerprint density at radius 2 is 1.81 bits per heavy atom. The first-order valence-electron chi connectivity index (χ1n) is 5.99. The number of carbonyl (C=O) groups excluding carboxylic acids is 1. The van der Waals surface area contributed by atoms with Crippen molar-refractivity contribution in [2.75, 3.05) is 5.32 Å². The van der Waals surface area contributed by atoms with Gasteiger partial charge in [0.25, 0.3) is 5.91 Å². The summed E-state index contributed by atoms with van der Waals surface area (Å²) in [5, 5.41) is 11.2. The number of aromatic carboxylic acids is 1. The van der Waals surface area contributed by atoms with Crippen LogP contribution in [-0.2, 0) is 0 Å². The minimum atomic E-state index is -1.23. The number of halogens is 2. The normalized spacial score (nSPS) is 10.2. The maximum absolute atomic E-state index is 13.7. The van der Waals surface area contributed by atoms with Crippen LogP contribution in [-0.4, -0.2) is 17.0 Å². The maximum atomic E-state index is 13.7. The van der Waals surface area contributed by atoms with E-state index in [2.05, 4.69) is 21.2 Å². The number of rotatable bonds is 3. The average molecular weight is 352 g/mol. The molecule has 0 unspecified atom stereocenters. The van der Waals surface area contributed by atoms with E-state index in [1.54, 1.807) is 18.2 Å². The Labute approximate surface area is 128 Å². The highest BCUT2D eigenvalue weighted by molar-refractivity contribution is 9.10. The molecular formula is C15H11BrFNO3. The van der Waals surface area contributed by atoms with Crippen LogP contribution in [0.2, 0.25) is 0 Å². The van der Waals surface area contributed by atoms with Crippen LogP contribution in [0.3, 0.4) is 0 Å². The van der Waals surface area contributed by atoms with Crippen molar-refractivity contribution < 1.29 is 19.1 Å². The summed E-state index contributed by atoms with van der Waals surface area (Å²) in [5.41, 5.74) is 1.03. The summed E-state index contributed by atoms with van der Waals surface area (Å²) in [4.78, 5) is 22.8. The Morgan fingerprint density at radius 3 is 2.38 bits per heavy atom. The number of carbonyl (C=O) groups is 2. The predicted molar refractivity (Wildman–Crippen MR) is 80.2 cm³/mol. The van der Waals surface area contributed by atoms with Gasteiger partial charge < -0.3 is 10.4 Å². The molecule has 0 saturated heterocycles. The van der Waals surface area contributed by atoms with Gasteiger partial charge in [-0.15, -0.1) is 0 Å². The van der Waals surface area contributed by atoms with E-state index in [9.17, 15) is 14.0 Å². The van der Waals surface area contributed by atoms with Crippen LogP contribution in [0.1, 0.15) is 26.3 Å². The van der Waals surface area contributed by atoms with Crippen LogP contribution < -0.4 is 5.32 Å². The van der Waals surface area contributed by atoms with Gasteiger partial charge in [0.2, 0.25) is 0 Å². The van der Waals surface area contributed by atoms with E-state index in [0.717, 1.165) is 16.1 Å². The zero-order valence-electron chi connectivity index (χ0n) is 11.0. The monoisotopic (exact) mass is 351 g/mol. The van der Waals surface area contributed by atoms with E-state index in [1.165, 1.54) is 12.1 Å². The summed E-state index contributed by atoms with van der Waals surface area (Å²) in [6, 6.07) is 8.33. The third-order valence-electron chi connectivity index (χ3n) is 2.88. The molecule has 0 heterocycles.